The molecule has 114 valence electrons. The van der Waals surface area contributed by atoms with Gasteiger partial charge in [0.2, 0.25) is 0 Å². The summed E-state index contributed by atoms with van der Waals surface area (Å²) < 4.78 is 5.13. The smallest absolute Gasteiger partial charge is 0.0977 e. The van der Waals surface area contributed by atoms with Gasteiger partial charge in [-0.1, -0.05) is 60.4 Å². The van der Waals surface area contributed by atoms with Crippen LogP contribution >= 0.6 is 0 Å². The molecular formula is C20H22O2. The van der Waals surface area contributed by atoms with E-state index in [9.17, 15) is 5.11 Å². The highest BCUT2D eigenvalue weighted by Gasteiger charge is 2.21. The summed E-state index contributed by atoms with van der Waals surface area (Å²) in [5.74, 6) is 6.30. The van der Waals surface area contributed by atoms with Gasteiger partial charge in [-0.2, -0.15) is 0 Å². The molecule has 0 heterocycles. The average Bonchev–Trinajstić information content (AvgIpc) is 2.54. The second kappa shape index (κ2) is 7.79. The molecule has 2 aromatic carbocycles. The lowest BCUT2D eigenvalue weighted by Gasteiger charge is -2.20. The maximum absolute atomic E-state index is 10.6. The Hall–Kier alpha value is -2.08. The fraction of sp³-hybridized carbons (Fsp3) is 0.300. The molecule has 2 heteroatoms. The van der Waals surface area contributed by atoms with Gasteiger partial charge in [-0.15, -0.1) is 0 Å². The molecule has 2 nitrogen and oxygen atoms in total. The molecule has 2 aromatic rings. The van der Waals surface area contributed by atoms with Crippen LogP contribution in [0, 0.1) is 11.8 Å². The SMILES string of the molecule is COCCc1ccccc1C#CCC(C)(O)c1ccccc1. The van der Waals surface area contributed by atoms with E-state index in [1.54, 1.807) is 14.0 Å². The number of aliphatic hydroxyl groups is 1. The lowest BCUT2D eigenvalue weighted by Crippen LogP contribution is -2.19. The summed E-state index contributed by atoms with van der Waals surface area (Å²) >= 11 is 0. The fourth-order valence-electron chi connectivity index (χ4n) is 2.28. The van der Waals surface area contributed by atoms with Crippen molar-refractivity contribution in [2.24, 2.45) is 0 Å². The van der Waals surface area contributed by atoms with E-state index in [1.165, 1.54) is 5.56 Å². The third kappa shape index (κ3) is 4.46. The molecular weight excluding hydrogens is 272 g/mol. The van der Waals surface area contributed by atoms with E-state index in [-0.39, 0.29) is 0 Å². The highest BCUT2D eigenvalue weighted by molar-refractivity contribution is 5.41. The van der Waals surface area contributed by atoms with Crippen molar-refractivity contribution < 1.29 is 9.84 Å². The molecule has 0 aromatic heterocycles. The van der Waals surface area contributed by atoms with Gasteiger partial charge in [0.05, 0.1) is 12.2 Å². The normalized spacial score (nSPS) is 13.0. The van der Waals surface area contributed by atoms with Crippen molar-refractivity contribution in [3.8, 4) is 11.8 Å². The molecule has 22 heavy (non-hydrogen) atoms. The molecule has 0 aliphatic rings. The van der Waals surface area contributed by atoms with Gasteiger partial charge in [-0.05, 0) is 30.5 Å². The van der Waals surface area contributed by atoms with Crippen molar-refractivity contribution in [3.05, 3.63) is 71.3 Å². The van der Waals surface area contributed by atoms with Crippen molar-refractivity contribution in [1.82, 2.24) is 0 Å². The molecule has 0 saturated heterocycles. The summed E-state index contributed by atoms with van der Waals surface area (Å²) in [5, 5.41) is 10.6. The second-order valence-corrected chi connectivity index (χ2v) is 5.52. The van der Waals surface area contributed by atoms with Gasteiger partial charge in [0, 0.05) is 19.1 Å². The first-order valence-electron chi connectivity index (χ1n) is 7.47. The minimum Gasteiger partial charge on any atom is -0.384 e. The first-order chi connectivity index (χ1) is 10.6. The van der Waals surface area contributed by atoms with Crippen molar-refractivity contribution in [2.45, 2.75) is 25.4 Å². The Kier molecular flexibility index (Phi) is 5.77. The summed E-state index contributed by atoms with van der Waals surface area (Å²) in [6.45, 7) is 2.48. The number of ether oxygens (including phenoxy) is 1. The van der Waals surface area contributed by atoms with Crippen molar-refractivity contribution in [3.63, 3.8) is 0 Å². The van der Waals surface area contributed by atoms with Gasteiger partial charge in [0.25, 0.3) is 0 Å². The van der Waals surface area contributed by atoms with Crippen LogP contribution in [0.4, 0.5) is 0 Å². The van der Waals surface area contributed by atoms with Crippen LogP contribution in [0.5, 0.6) is 0 Å². The third-order valence-electron chi connectivity index (χ3n) is 3.64. The van der Waals surface area contributed by atoms with Crippen molar-refractivity contribution in [2.75, 3.05) is 13.7 Å². The Balaban J connectivity index is 2.11. The molecule has 0 fully saturated rings. The molecule has 0 aliphatic carbocycles. The fourth-order valence-corrected chi connectivity index (χ4v) is 2.28. The largest absolute Gasteiger partial charge is 0.384 e. The average molecular weight is 294 g/mol. The van der Waals surface area contributed by atoms with E-state index in [0.29, 0.717) is 13.0 Å². The Morgan fingerprint density at radius 1 is 1.05 bits per heavy atom. The summed E-state index contributed by atoms with van der Waals surface area (Å²) in [5.41, 5.74) is 2.13. The zero-order valence-electron chi connectivity index (χ0n) is 13.2. The van der Waals surface area contributed by atoms with Crippen molar-refractivity contribution in [1.29, 1.82) is 0 Å². The minimum absolute atomic E-state index is 0.398. The van der Waals surface area contributed by atoms with Crippen LogP contribution in [0.25, 0.3) is 0 Å². The Morgan fingerprint density at radius 2 is 1.73 bits per heavy atom. The van der Waals surface area contributed by atoms with E-state index in [0.717, 1.165) is 17.5 Å². The number of benzene rings is 2. The van der Waals surface area contributed by atoms with Gasteiger partial charge >= 0.3 is 0 Å². The lowest BCUT2D eigenvalue weighted by atomic mass is 9.92. The zero-order chi connectivity index (χ0) is 15.8. The van der Waals surface area contributed by atoms with E-state index in [2.05, 4.69) is 17.9 Å². The van der Waals surface area contributed by atoms with Gasteiger partial charge in [-0.3, -0.25) is 0 Å². The quantitative estimate of drug-likeness (QED) is 0.855. The Morgan fingerprint density at radius 3 is 2.45 bits per heavy atom. The van der Waals surface area contributed by atoms with Gasteiger partial charge in [-0.25, -0.2) is 0 Å². The van der Waals surface area contributed by atoms with Crippen LogP contribution in [-0.2, 0) is 16.8 Å². The number of methoxy groups -OCH3 is 1. The summed E-state index contributed by atoms with van der Waals surface area (Å²) in [6, 6.07) is 17.7. The van der Waals surface area contributed by atoms with Crippen molar-refractivity contribution >= 4 is 0 Å². The van der Waals surface area contributed by atoms with Crippen LogP contribution in [0.3, 0.4) is 0 Å². The van der Waals surface area contributed by atoms with E-state index in [4.69, 9.17) is 4.74 Å². The highest BCUT2D eigenvalue weighted by Crippen LogP contribution is 2.23. The lowest BCUT2D eigenvalue weighted by molar-refractivity contribution is 0.0629. The molecule has 1 atom stereocenters. The Bertz CT molecular complexity index is 648. The molecule has 0 radical (unpaired) electrons. The number of hydrogen-bond acceptors (Lipinski definition) is 2. The topological polar surface area (TPSA) is 29.5 Å². The van der Waals surface area contributed by atoms with Crippen LogP contribution in [0.1, 0.15) is 30.0 Å². The molecule has 0 saturated carbocycles. The van der Waals surface area contributed by atoms with E-state index >= 15 is 0 Å². The van der Waals surface area contributed by atoms with Crippen LogP contribution in [0.15, 0.2) is 54.6 Å². The summed E-state index contributed by atoms with van der Waals surface area (Å²) in [4.78, 5) is 0. The number of rotatable bonds is 5. The number of hydrogen-bond donors (Lipinski definition) is 1. The van der Waals surface area contributed by atoms with Gasteiger partial charge in [0.15, 0.2) is 0 Å². The van der Waals surface area contributed by atoms with Crippen LogP contribution < -0.4 is 0 Å². The third-order valence-corrected chi connectivity index (χ3v) is 3.64. The van der Waals surface area contributed by atoms with E-state index in [1.807, 2.05) is 48.5 Å². The standard InChI is InChI=1S/C20H22O2/c1-20(21,19-12-4-3-5-13-19)15-8-11-17-9-6-7-10-18(17)14-16-22-2/h3-7,9-10,12-13,21H,14-16H2,1-2H3. The molecule has 1 N–H and O–H groups in total. The predicted molar refractivity (Wildman–Crippen MR) is 89.5 cm³/mol. The molecule has 0 aliphatic heterocycles. The predicted octanol–water partition coefficient (Wildman–Crippen LogP) is 3.52. The highest BCUT2D eigenvalue weighted by atomic mass is 16.5. The van der Waals surface area contributed by atoms with Crippen LogP contribution in [-0.4, -0.2) is 18.8 Å². The molecule has 1 unspecified atom stereocenters. The van der Waals surface area contributed by atoms with Crippen LogP contribution in [0.2, 0.25) is 0 Å². The maximum Gasteiger partial charge on any atom is 0.0977 e. The monoisotopic (exact) mass is 294 g/mol. The Labute approximate surface area is 132 Å². The van der Waals surface area contributed by atoms with Gasteiger partial charge in [0.1, 0.15) is 0 Å². The zero-order valence-corrected chi connectivity index (χ0v) is 13.2. The first-order valence-corrected chi connectivity index (χ1v) is 7.47. The molecule has 0 bridgehead atoms. The summed E-state index contributed by atoms with van der Waals surface area (Å²) in [6.07, 6.45) is 1.24. The van der Waals surface area contributed by atoms with Gasteiger partial charge < -0.3 is 9.84 Å². The first kappa shape index (κ1) is 16.3. The van der Waals surface area contributed by atoms with E-state index < -0.39 is 5.60 Å². The summed E-state index contributed by atoms with van der Waals surface area (Å²) in [7, 11) is 1.70. The second-order valence-electron chi connectivity index (χ2n) is 5.52. The minimum atomic E-state index is -0.935. The molecule has 2 rings (SSSR count). The maximum atomic E-state index is 10.6. The molecule has 0 spiro atoms. The molecule has 0 amide bonds.